The fraction of sp³-hybridized carbons (Fsp3) is 0.0952. The molecule has 26 heavy (non-hydrogen) atoms. The number of hydrogen-bond donors (Lipinski definition) is 0. The second-order valence-electron chi connectivity index (χ2n) is 5.51. The van der Waals surface area contributed by atoms with Gasteiger partial charge in [-0.1, -0.05) is 59.6 Å². The summed E-state index contributed by atoms with van der Waals surface area (Å²) in [5.74, 6) is 1.02. The number of hydrogen-bond acceptors (Lipinski definition) is 3. The molecule has 0 N–H and O–H groups in total. The van der Waals surface area contributed by atoms with Crippen LogP contribution in [0.5, 0.6) is 11.5 Å². The quantitative estimate of drug-likeness (QED) is 0.464. The topological polar surface area (TPSA) is 30.8 Å². The summed E-state index contributed by atoms with van der Waals surface area (Å²) in [6.45, 7) is 0.299. The SMILES string of the molecule is COc1cc(C=Nc2ccccc2)cc(Cl)c1OCc1ccccc1Cl. The second-order valence-corrected chi connectivity index (χ2v) is 6.32. The van der Waals surface area contributed by atoms with Crippen molar-refractivity contribution in [3.63, 3.8) is 0 Å². The van der Waals surface area contributed by atoms with Gasteiger partial charge in [-0.15, -0.1) is 0 Å². The van der Waals surface area contributed by atoms with E-state index in [9.17, 15) is 0 Å². The van der Waals surface area contributed by atoms with Crippen LogP contribution in [0, 0.1) is 0 Å². The second kappa shape index (κ2) is 8.75. The van der Waals surface area contributed by atoms with E-state index in [1.165, 1.54) is 0 Å². The molecule has 3 nitrogen and oxygen atoms in total. The molecule has 5 heteroatoms. The molecule has 0 spiro atoms. The van der Waals surface area contributed by atoms with Gasteiger partial charge in [0.1, 0.15) is 6.61 Å². The Labute approximate surface area is 162 Å². The molecule has 3 aromatic rings. The Morgan fingerprint density at radius 3 is 2.38 bits per heavy atom. The van der Waals surface area contributed by atoms with Crippen molar-refractivity contribution in [2.24, 2.45) is 4.99 Å². The van der Waals surface area contributed by atoms with E-state index in [1.54, 1.807) is 19.4 Å². The van der Waals surface area contributed by atoms with Crippen LogP contribution in [0.1, 0.15) is 11.1 Å². The minimum Gasteiger partial charge on any atom is -0.493 e. The minimum absolute atomic E-state index is 0.299. The molecule has 0 fully saturated rings. The molecule has 0 saturated heterocycles. The summed E-state index contributed by atoms with van der Waals surface area (Å²) in [5, 5.41) is 1.10. The lowest BCUT2D eigenvalue weighted by Crippen LogP contribution is -2.00. The van der Waals surface area contributed by atoms with E-state index in [-0.39, 0.29) is 0 Å². The molecule has 0 aliphatic carbocycles. The molecule has 0 amide bonds. The minimum atomic E-state index is 0.299. The predicted octanol–water partition coefficient (Wildman–Crippen LogP) is 6.33. The number of methoxy groups -OCH3 is 1. The highest BCUT2D eigenvalue weighted by Crippen LogP contribution is 2.37. The standard InChI is InChI=1S/C21H17Cl2NO2/c1-25-20-12-15(13-24-17-8-3-2-4-9-17)11-19(23)21(20)26-14-16-7-5-6-10-18(16)22/h2-13H,14H2,1H3. The molecule has 0 saturated carbocycles. The number of nitrogens with zero attached hydrogens (tertiary/aromatic N) is 1. The fourth-order valence-electron chi connectivity index (χ4n) is 2.38. The van der Waals surface area contributed by atoms with Crippen LogP contribution in [0.15, 0.2) is 71.7 Å². The number of benzene rings is 3. The third-order valence-corrected chi connectivity index (χ3v) is 4.35. The first-order valence-electron chi connectivity index (χ1n) is 8.00. The lowest BCUT2D eigenvalue weighted by Gasteiger charge is -2.14. The first-order valence-corrected chi connectivity index (χ1v) is 8.76. The van der Waals surface area contributed by atoms with E-state index in [2.05, 4.69) is 4.99 Å². The highest BCUT2D eigenvalue weighted by Gasteiger charge is 2.12. The van der Waals surface area contributed by atoms with Crippen LogP contribution in [0.2, 0.25) is 10.0 Å². The zero-order chi connectivity index (χ0) is 18.4. The van der Waals surface area contributed by atoms with Gasteiger partial charge in [-0.2, -0.15) is 0 Å². The Hall–Kier alpha value is -2.49. The van der Waals surface area contributed by atoms with Crippen molar-refractivity contribution < 1.29 is 9.47 Å². The normalized spacial score (nSPS) is 10.9. The Balaban J connectivity index is 1.81. The maximum Gasteiger partial charge on any atom is 0.180 e. The monoisotopic (exact) mass is 385 g/mol. The van der Waals surface area contributed by atoms with E-state index >= 15 is 0 Å². The molecule has 0 heterocycles. The summed E-state index contributed by atoms with van der Waals surface area (Å²) in [5.41, 5.74) is 2.56. The Bertz CT molecular complexity index is 911. The van der Waals surface area contributed by atoms with Crippen LogP contribution in [-0.4, -0.2) is 13.3 Å². The van der Waals surface area contributed by atoms with Crippen molar-refractivity contribution in [3.05, 3.63) is 87.9 Å². The zero-order valence-corrected chi connectivity index (χ0v) is 15.7. The molecule has 0 radical (unpaired) electrons. The summed E-state index contributed by atoms with van der Waals surface area (Å²) in [6, 6.07) is 20.8. The van der Waals surface area contributed by atoms with Crippen molar-refractivity contribution in [3.8, 4) is 11.5 Å². The van der Waals surface area contributed by atoms with Crippen molar-refractivity contribution >= 4 is 35.1 Å². The Kier molecular flexibility index (Phi) is 6.16. The smallest absolute Gasteiger partial charge is 0.180 e. The lowest BCUT2D eigenvalue weighted by molar-refractivity contribution is 0.285. The third-order valence-electron chi connectivity index (χ3n) is 3.70. The number of ether oxygens (including phenoxy) is 2. The lowest BCUT2D eigenvalue weighted by atomic mass is 10.2. The molecule has 0 aromatic heterocycles. The fourth-order valence-corrected chi connectivity index (χ4v) is 2.85. The van der Waals surface area contributed by atoms with E-state index in [1.807, 2.05) is 60.7 Å². The van der Waals surface area contributed by atoms with Crippen molar-refractivity contribution in [1.29, 1.82) is 0 Å². The van der Waals surface area contributed by atoms with Gasteiger partial charge in [-0.3, -0.25) is 4.99 Å². The van der Waals surface area contributed by atoms with Crippen LogP contribution in [0.3, 0.4) is 0 Å². The van der Waals surface area contributed by atoms with Gasteiger partial charge in [0.2, 0.25) is 0 Å². The van der Waals surface area contributed by atoms with Gasteiger partial charge in [0.25, 0.3) is 0 Å². The molecule has 0 bridgehead atoms. The average molecular weight is 386 g/mol. The number of rotatable bonds is 6. The zero-order valence-electron chi connectivity index (χ0n) is 14.2. The molecule has 0 aliphatic heterocycles. The maximum absolute atomic E-state index is 6.40. The van der Waals surface area contributed by atoms with Crippen molar-refractivity contribution in [2.45, 2.75) is 6.61 Å². The van der Waals surface area contributed by atoms with E-state index in [0.717, 1.165) is 16.8 Å². The van der Waals surface area contributed by atoms with Crippen LogP contribution >= 0.6 is 23.2 Å². The molecule has 0 atom stereocenters. The molecular formula is C21H17Cl2NO2. The maximum atomic E-state index is 6.40. The highest BCUT2D eigenvalue weighted by atomic mass is 35.5. The number of aliphatic imine (C=N–C) groups is 1. The van der Waals surface area contributed by atoms with Gasteiger partial charge < -0.3 is 9.47 Å². The summed E-state index contributed by atoms with van der Waals surface area (Å²) < 4.78 is 11.3. The van der Waals surface area contributed by atoms with Crippen LogP contribution in [0.25, 0.3) is 0 Å². The van der Waals surface area contributed by atoms with Crippen LogP contribution < -0.4 is 9.47 Å². The van der Waals surface area contributed by atoms with Gasteiger partial charge in [-0.25, -0.2) is 0 Å². The summed E-state index contributed by atoms with van der Waals surface area (Å²) in [4.78, 5) is 4.43. The van der Waals surface area contributed by atoms with Crippen molar-refractivity contribution in [1.82, 2.24) is 0 Å². The van der Waals surface area contributed by atoms with Gasteiger partial charge in [-0.05, 0) is 35.9 Å². The van der Waals surface area contributed by atoms with Gasteiger partial charge in [0, 0.05) is 16.8 Å². The molecule has 3 aromatic carbocycles. The first kappa shape index (κ1) is 18.3. The van der Waals surface area contributed by atoms with Crippen LogP contribution in [0.4, 0.5) is 5.69 Å². The first-order chi connectivity index (χ1) is 12.7. The molecular weight excluding hydrogens is 369 g/mol. The molecule has 0 aliphatic rings. The summed E-state index contributed by atoms with van der Waals surface area (Å²) in [6.07, 6.45) is 1.74. The highest BCUT2D eigenvalue weighted by molar-refractivity contribution is 6.32. The number of para-hydroxylation sites is 1. The number of halogens is 2. The third kappa shape index (κ3) is 4.57. The Morgan fingerprint density at radius 1 is 0.923 bits per heavy atom. The Morgan fingerprint density at radius 2 is 1.65 bits per heavy atom. The van der Waals surface area contributed by atoms with E-state index in [4.69, 9.17) is 32.7 Å². The summed E-state index contributed by atoms with van der Waals surface area (Å²) >= 11 is 12.6. The van der Waals surface area contributed by atoms with Gasteiger partial charge in [0.05, 0.1) is 17.8 Å². The summed E-state index contributed by atoms with van der Waals surface area (Å²) in [7, 11) is 1.58. The van der Waals surface area contributed by atoms with E-state index < -0.39 is 0 Å². The van der Waals surface area contributed by atoms with Gasteiger partial charge >= 0.3 is 0 Å². The predicted molar refractivity (Wildman–Crippen MR) is 107 cm³/mol. The molecule has 3 rings (SSSR count). The average Bonchev–Trinajstić information content (AvgIpc) is 2.67. The van der Waals surface area contributed by atoms with E-state index in [0.29, 0.717) is 28.2 Å². The van der Waals surface area contributed by atoms with Crippen LogP contribution in [-0.2, 0) is 6.61 Å². The van der Waals surface area contributed by atoms with Crippen molar-refractivity contribution in [2.75, 3.05) is 7.11 Å². The molecule has 132 valence electrons. The largest absolute Gasteiger partial charge is 0.493 e. The molecule has 0 unspecified atom stereocenters. The van der Waals surface area contributed by atoms with Gasteiger partial charge in [0.15, 0.2) is 11.5 Å².